The molecule has 5 nitrogen and oxygen atoms in total. The number of likely N-dealkylation sites (tertiary alicyclic amines) is 1. The molecule has 2 unspecified atom stereocenters. The predicted octanol–water partition coefficient (Wildman–Crippen LogP) is 1.32. The van der Waals surface area contributed by atoms with E-state index in [1.165, 1.54) is 25.9 Å². The summed E-state index contributed by atoms with van der Waals surface area (Å²) in [5.74, 6) is 0.449. The van der Waals surface area contributed by atoms with Crippen LogP contribution in [0.2, 0.25) is 0 Å². The van der Waals surface area contributed by atoms with Crippen molar-refractivity contribution >= 4 is 5.97 Å². The largest absolute Gasteiger partial charge is 0.465 e. The summed E-state index contributed by atoms with van der Waals surface area (Å²) in [7, 11) is 4.31. The van der Waals surface area contributed by atoms with Crippen LogP contribution >= 0.6 is 0 Å². The summed E-state index contributed by atoms with van der Waals surface area (Å²) in [5, 5.41) is 0. The van der Waals surface area contributed by atoms with Gasteiger partial charge in [-0.15, -0.1) is 0 Å². The van der Waals surface area contributed by atoms with Crippen LogP contribution < -0.4 is 5.73 Å². The van der Waals surface area contributed by atoms with Crippen LogP contribution in [0.5, 0.6) is 0 Å². The Morgan fingerprint density at radius 3 is 2.57 bits per heavy atom. The van der Waals surface area contributed by atoms with E-state index in [9.17, 15) is 4.79 Å². The summed E-state index contributed by atoms with van der Waals surface area (Å²) < 4.78 is 5.06. The molecule has 1 aliphatic heterocycles. The number of piperidine rings is 1. The number of carbonyl (C=O) groups excluding carboxylic acids is 1. The zero-order valence-corrected chi connectivity index (χ0v) is 14.4. The molecule has 1 saturated heterocycles. The van der Waals surface area contributed by atoms with E-state index < -0.39 is 5.54 Å². The fraction of sp³-hybridized carbons (Fsp3) is 0.938. The maximum Gasteiger partial charge on any atom is 0.325 e. The average molecular weight is 299 g/mol. The van der Waals surface area contributed by atoms with Gasteiger partial charge in [-0.05, 0) is 73.1 Å². The standard InChI is InChI=1S/C16H33N3O2/c1-6-21-15(20)16(3,17)11-13(2)19(5)12-14-7-9-18(4)10-8-14/h13-14H,6-12,17H2,1-5H3. The summed E-state index contributed by atoms with van der Waals surface area (Å²) in [6.45, 7) is 9.54. The second-order valence-electron chi connectivity index (χ2n) is 6.88. The average Bonchev–Trinajstić information content (AvgIpc) is 2.41. The zero-order valence-electron chi connectivity index (χ0n) is 14.4. The first-order chi connectivity index (χ1) is 9.76. The predicted molar refractivity (Wildman–Crippen MR) is 86.2 cm³/mol. The van der Waals surface area contributed by atoms with Crippen LogP contribution in [0.4, 0.5) is 0 Å². The molecular weight excluding hydrogens is 266 g/mol. The highest BCUT2D eigenvalue weighted by atomic mass is 16.5. The number of hydrogen-bond donors (Lipinski definition) is 1. The first-order valence-electron chi connectivity index (χ1n) is 8.11. The second kappa shape index (κ2) is 8.11. The van der Waals surface area contributed by atoms with Gasteiger partial charge in [0.15, 0.2) is 0 Å². The lowest BCUT2D eigenvalue weighted by Crippen LogP contribution is -2.51. The zero-order chi connectivity index (χ0) is 16.0. The summed E-state index contributed by atoms with van der Waals surface area (Å²) in [6, 6.07) is 0.268. The van der Waals surface area contributed by atoms with Crippen LogP contribution in [-0.4, -0.2) is 67.7 Å². The molecule has 5 heteroatoms. The Bertz CT molecular complexity index is 325. The van der Waals surface area contributed by atoms with E-state index in [-0.39, 0.29) is 12.0 Å². The molecule has 1 heterocycles. The molecular formula is C16H33N3O2. The Kier molecular flexibility index (Phi) is 7.10. The van der Waals surface area contributed by atoms with Crippen molar-refractivity contribution in [3.63, 3.8) is 0 Å². The first kappa shape index (κ1) is 18.4. The van der Waals surface area contributed by atoms with E-state index in [4.69, 9.17) is 10.5 Å². The SMILES string of the molecule is CCOC(=O)C(C)(N)CC(C)N(C)CC1CCN(C)CC1. The van der Waals surface area contributed by atoms with Crippen molar-refractivity contribution in [1.82, 2.24) is 9.80 Å². The van der Waals surface area contributed by atoms with Gasteiger partial charge in [-0.1, -0.05) is 0 Å². The van der Waals surface area contributed by atoms with Crippen molar-refractivity contribution in [3.8, 4) is 0 Å². The highest BCUT2D eigenvalue weighted by Gasteiger charge is 2.33. The van der Waals surface area contributed by atoms with Gasteiger partial charge in [-0.25, -0.2) is 0 Å². The van der Waals surface area contributed by atoms with Crippen LogP contribution in [0.15, 0.2) is 0 Å². The molecule has 0 amide bonds. The van der Waals surface area contributed by atoms with Gasteiger partial charge < -0.3 is 20.3 Å². The van der Waals surface area contributed by atoms with Crippen molar-refractivity contribution < 1.29 is 9.53 Å². The van der Waals surface area contributed by atoms with Crippen LogP contribution in [0.3, 0.4) is 0 Å². The number of esters is 1. The smallest absolute Gasteiger partial charge is 0.325 e. The molecule has 1 fully saturated rings. The monoisotopic (exact) mass is 299 g/mol. The van der Waals surface area contributed by atoms with Crippen LogP contribution in [-0.2, 0) is 9.53 Å². The van der Waals surface area contributed by atoms with E-state index in [1.807, 2.05) is 6.92 Å². The van der Waals surface area contributed by atoms with E-state index in [1.54, 1.807) is 6.92 Å². The third-order valence-electron chi connectivity index (χ3n) is 4.60. The van der Waals surface area contributed by atoms with Crippen molar-refractivity contribution in [1.29, 1.82) is 0 Å². The highest BCUT2D eigenvalue weighted by Crippen LogP contribution is 2.20. The third kappa shape index (κ3) is 5.93. The molecule has 0 aliphatic carbocycles. The molecule has 0 saturated carbocycles. The Labute approximate surface area is 129 Å². The van der Waals surface area contributed by atoms with Crippen molar-refractivity contribution in [3.05, 3.63) is 0 Å². The molecule has 2 atom stereocenters. The van der Waals surface area contributed by atoms with E-state index >= 15 is 0 Å². The molecule has 1 aliphatic rings. The fourth-order valence-corrected chi connectivity index (χ4v) is 2.98. The minimum atomic E-state index is -0.906. The number of hydrogen-bond acceptors (Lipinski definition) is 5. The maximum atomic E-state index is 11.9. The lowest BCUT2D eigenvalue weighted by molar-refractivity contribution is -0.149. The third-order valence-corrected chi connectivity index (χ3v) is 4.60. The van der Waals surface area contributed by atoms with E-state index in [0.29, 0.717) is 13.0 Å². The Morgan fingerprint density at radius 1 is 1.48 bits per heavy atom. The maximum absolute atomic E-state index is 11.9. The first-order valence-corrected chi connectivity index (χ1v) is 8.11. The fourth-order valence-electron chi connectivity index (χ4n) is 2.98. The lowest BCUT2D eigenvalue weighted by atomic mass is 9.92. The summed E-state index contributed by atoms with van der Waals surface area (Å²) in [6.07, 6.45) is 3.13. The molecule has 0 aromatic rings. The number of carbonyl (C=O) groups is 1. The Morgan fingerprint density at radius 2 is 2.05 bits per heavy atom. The van der Waals surface area contributed by atoms with Crippen molar-refractivity contribution in [2.45, 2.75) is 51.6 Å². The van der Waals surface area contributed by atoms with Gasteiger partial charge in [0.1, 0.15) is 5.54 Å². The molecule has 0 spiro atoms. The van der Waals surface area contributed by atoms with E-state index in [0.717, 1.165) is 12.5 Å². The van der Waals surface area contributed by atoms with Gasteiger partial charge in [-0.2, -0.15) is 0 Å². The Balaban J connectivity index is 2.43. The van der Waals surface area contributed by atoms with Gasteiger partial charge in [0.05, 0.1) is 6.61 Å². The molecule has 2 N–H and O–H groups in total. The van der Waals surface area contributed by atoms with Gasteiger partial charge in [0.2, 0.25) is 0 Å². The Hall–Kier alpha value is -0.650. The number of ether oxygens (including phenoxy) is 1. The van der Waals surface area contributed by atoms with Crippen LogP contribution in [0.25, 0.3) is 0 Å². The molecule has 21 heavy (non-hydrogen) atoms. The summed E-state index contributed by atoms with van der Waals surface area (Å²) >= 11 is 0. The minimum Gasteiger partial charge on any atom is -0.465 e. The molecule has 1 rings (SSSR count). The highest BCUT2D eigenvalue weighted by molar-refractivity contribution is 5.80. The topological polar surface area (TPSA) is 58.8 Å². The quantitative estimate of drug-likeness (QED) is 0.719. The molecule has 0 aromatic carbocycles. The number of rotatable bonds is 7. The second-order valence-corrected chi connectivity index (χ2v) is 6.88. The van der Waals surface area contributed by atoms with Crippen LogP contribution in [0, 0.1) is 5.92 Å². The van der Waals surface area contributed by atoms with E-state index in [2.05, 4.69) is 30.8 Å². The van der Waals surface area contributed by atoms with Gasteiger partial charge in [0, 0.05) is 12.6 Å². The normalized spacial score (nSPS) is 22.0. The molecule has 124 valence electrons. The number of nitrogens with zero attached hydrogens (tertiary/aromatic N) is 2. The summed E-state index contributed by atoms with van der Waals surface area (Å²) in [4.78, 5) is 16.6. The van der Waals surface area contributed by atoms with Crippen molar-refractivity contribution in [2.24, 2.45) is 11.7 Å². The summed E-state index contributed by atoms with van der Waals surface area (Å²) in [5.41, 5.74) is 5.22. The molecule has 0 aromatic heterocycles. The van der Waals surface area contributed by atoms with Gasteiger partial charge >= 0.3 is 5.97 Å². The van der Waals surface area contributed by atoms with Crippen molar-refractivity contribution in [2.75, 3.05) is 40.3 Å². The molecule has 0 radical (unpaired) electrons. The van der Waals surface area contributed by atoms with Crippen LogP contribution in [0.1, 0.15) is 40.0 Å². The lowest BCUT2D eigenvalue weighted by Gasteiger charge is -2.36. The molecule has 0 bridgehead atoms. The van der Waals surface area contributed by atoms with Gasteiger partial charge in [-0.3, -0.25) is 4.79 Å². The minimum absolute atomic E-state index is 0.268. The van der Waals surface area contributed by atoms with Gasteiger partial charge in [0.25, 0.3) is 0 Å². The number of nitrogens with two attached hydrogens (primary N) is 1.